The molecule has 1 aliphatic rings. The van der Waals surface area contributed by atoms with Crippen molar-refractivity contribution in [3.05, 3.63) is 50.4 Å². The molecule has 2 aromatic rings. The number of oxime groups is 1. The SMILES string of the molecule is CCn1[nH]cc(C(=O)c2ccc3c(c2Cl)C(=NOC)CCS3(=O)=O)c1=O. The number of sulfone groups is 1. The van der Waals surface area contributed by atoms with E-state index >= 15 is 0 Å². The first-order valence-electron chi connectivity index (χ1n) is 7.80. The zero-order valence-corrected chi connectivity index (χ0v) is 15.6. The Kier molecular flexibility index (Phi) is 4.76. The normalized spacial score (nSPS) is 17.1. The molecule has 138 valence electrons. The van der Waals surface area contributed by atoms with Crippen molar-refractivity contribution in [2.45, 2.75) is 24.8 Å². The number of hydrogen-bond acceptors (Lipinski definition) is 6. The van der Waals surface area contributed by atoms with E-state index in [1.165, 1.54) is 30.1 Å². The lowest BCUT2D eigenvalue weighted by Gasteiger charge is -2.20. The van der Waals surface area contributed by atoms with Crippen LogP contribution < -0.4 is 5.56 Å². The van der Waals surface area contributed by atoms with Crippen molar-refractivity contribution < 1.29 is 18.0 Å². The molecule has 3 rings (SSSR count). The van der Waals surface area contributed by atoms with Gasteiger partial charge in [0.2, 0.25) is 5.78 Å². The zero-order valence-electron chi connectivity index (χ0n) is 14.1. The second kappa shape index (κ2) is 6.73. The molecule has 2 heterocycles. The Hall–Kier alpha value is -2.39. The predicted molar refractivity (Wildman–Crippen MR) is 95.8 cm³/mol. The van der Waals surface area contributed by atoms with Crippen molar-refractivity contribution in [1.82, 2.24) is 9.78 Å². The number of benzene rings is 1. The van der Waals surface area contributed by atoms with Gasteiger partial charge in [0.15, 0.2) is 9.84 Å². The van der Waals surface area contributed by atoms with Crippen LogP contribution in [0.5, 0.6) is 0 Å². The number of nitrogens with one attached hydrogen (secondary N) is 1. The van der Waals surface area contributed by atoms with E-state index in [0.717, 1.165) is 0 Å². The van der Waals surface area contributed by atoms with Gasteiger partial charge in [-0.15, -0.1) is 0 Å². The molecule has 0 saturated heterocycles. The van der Waals surface area contributed by atoms with E-state index in [0.29, 0.717) is 12.3 Å². The lowest BCUT2D eigenvalue weighted by atomic mass is 9.99. The number of aromatic nitrogens is 2. The maximum atomic E-state index is 12.8. The quantitative estimate of drug-likeness (QED) is 0.622. The first kappa shape index (κ1) is 18.4. The van der Waals surface area contributed by atoms with Crippen LogP contribution in [-0.4, -0.2) is 42.6 Å². The molecule has 0 saturated carbocycles. The zero-order chi connectivity index (χ0) is 19.1. The van der Waals surface area contributed by atoms with Crippen molar-refractivity contribution in [2.75, 3.05) is 12.9 Å². The number of halogens is 1. The Morgan fingerprint density at radius 1 is 1.38 bits per heavy atom. The monoisotopic (exact) mass is 397 g/mol. The molecule has 1 aromatic carbocycles. The van der Waals surface area contributed by atoms with Crippen molar-refractivity contribution >= 4 is 32.9 Å². The van der Waals surface area contributed by atoms with Crippen LogP contribution in [0.3, 0.4) is 0 Å². The number of fused-ring (bicyclic) bond motifs is 1. The molecular formula is C16H16ClN3O5S. The van der Waals surface area contributed by atoms with Crippen LogP contribution in [0.4, 0.5) is 0 Å². The molecule has 26 heavy (non-hydrogen) atoms. The van der Waals surface area contributed by atoms with Crippen molar-refractivity contribution in [2.24, 2.45) is 5.16 Å². The summed E-state index contributed by atoms with van der Waals surface area (Å²) in [6, 6.07) is 2.64. The summed E-state index contributed by atoms with van der Waals surface area (Å²) < 4.78 is 25.9. The number of aromatic amines is 1. The predicted octanol–water partition coefficient (Wildman–Crippen LogP) is 1.61. The van der Waals surface area contributed by atoms with Crippen LogP contribution >= 0.6 is 11.6 Å². The van der Waals surface area contributed by atoms with Crippen molar-refractivity contribution in [1.29, 1.82) is 0 Å². The first-order chi connectivity index (χ1) is 12.3. The summed E-state index contributed by atoms with van der Waals surface area (Å²) in [6.07, 6.45) is 1.43. The van der Waals surface area contributed by atoms with E-state index in [-0.39, 0.29) is 38.8 Å². The average molecular weight is 398 g/mol. The molecule has 0 amide bonds. The van der Waals surface area contributed by atoms with Crippen LogP contribution in [0.25, 0.3) is 0 Å². The third-order valence-electron chi connectivity index (χ3n) is 4.18. The summed E-state index contributed by atoms with van der Waals surface area (Å²) in [7, 11) is -2.20. The second-order valence-electron chi connectivity index (χ2n) is 5.66. The molecular weight excluding hydrogens is 382 g/mol. The number of rotatable bonds is 4. The fourth-order valence-electron chi connectivity index (χ4n) is 2.88. The van der Waals surface area contributed by atoms with Gasteiger partial charge >= 0.3 is 0 Å². The summed E-state index contributed by atoms with van der Waals surface area (Å²) in [5.74, 6) is -0.712. The topological polar surface area (TPSA) is 111 Å². The molecule has 1 N–H and O–H groups in total. The van der Waals surface area contributed by atoms with Gasteiger partial charge in [-0.1, -0.05) is 16.8 Å². The standard InChI is InChI=1S/C16H16ClN3O5S/c1-3-20-16(22)10(8-18-20)15(21)9-4-5-12-13(14(9)17)11(19-25-2)6-7-26(12,23)24/h4-5,8,18H,3,6-7H2,1-2H3. The lowest BCUT2D eigenvalue weighted by molar-refractivity contribution is 0.103. The Balaban J connectivity index is 2.21. The number of carbonyl (C=O) groups excluding carboxylic acids is 1. The van der Waals surface area contributed by atoms with Gasteiger partial charge in [0, 0.05) is 30.3 Å². The summed E-state index contributed by atoms with van der Waals surface area (Å²) in [5, 5.41) is 6.48. The maximum Gasteiger partial charge on any atom is 0.277 e. The Morgan fingerprint density at radius 3 is 2.73 bits per heavy atom. The average Bonchev–Trinajstić information content (AvgIpc) is 2.98. The third-order valence-corrected chi connectivity index (χ3v) is 6.33. The molecule has 0 fully saturated rings. The van der Waals surface area contributed by atoms with Gasteiger partial charge < -0.3 is 9.94 Å². The highest BCUT2D eigenvalue weighted by Gasteiger charge is 2.33. The molecule has 0 atom stereocenters. The Bertz CT molecular complexity index is 1080. The van der Waals surface area contributed by atoms with Crippen LogP contribution in [0.2, 0.25) is 5.02 Å². The summed E-state index contributed by atoms with van der Waals surface area (Å²) >= 11 is 6.38. The van der Waals surface area contributed by atoms with Gasteiger partial charge in [-0.05, 0) is 19.1 Å². The van der Waals surface area contributed by atoms with Crippen LogP contribution in [0.1, 0.15) is 34.8 Å². The Morgan fingerprint density at radius 2 is 2.12 bits per heavy atom. The van der Waals surface area contributed by atoms with E-state index in [1.54, 1.807) is 6.92 Å². The first-order valence-corrected chi connectivity index (χ1v) is 9.83. The van der Waals surface area contributed by atoms with Gasteiger partial charge in [0.05, 0.1) is 21.4 Å². The van der Waals surface area contributed by atoms with Gasteiger partial charge in [-0.25, -0.2) is 8.42 Å². The fraction of sp³-hybridized carbons (Fsp3) is 0.312. The highest BCUT2D eigenvalue weighted by molar-refractivity contribution is 7.91. The van der Waals surface area contributed by atoms with Gasteiger partial charge in [0.25, 0.3) is 5.56 Å². The third kappa shape index (κ3) is 2.86. The fourth-order valence-corrected chi connectivity index (χ4v) is 4.78. The molecule has 0 spiro atoms. The van der Waals surface area contributed by atoms with E-state index in [9.17, 15) is 18.0 Å². The Labute approximate surface area is 154 Å². The number of nitrogens with zero attached hydrogens (tertiary/aromatic N) is 2. The molecule has 1 aromatic heterocycles. The van der Waals surface area contributed by atoms with E-state index in [4.69, 9.17) is 16.4 Å². The molecule has 0 aliphatic carbocycles. The second-order valence-corrected chi connectivity index (χ2v) is 8.11. The van der Waals surface area contributed by atoms with E-state index in [1.807, 2.05) is 0 Å². The van der Waals surface area contributed by atoms with Crippen molar-refractivity contribution in [3.63, 3.8) is 0 Å². The minimum Gasteiger partial charge on any atom is -0.399 e. The van der Waals surface area contributed by atoms with Crippen LogP contribution in [-0.2, 0) is 21.2 Å². The van der Waals surface area contributed by atoms with Crippen molar-refractivity contribution in [3.8, 4) is 0 Å². The van der Waals surface area contributed by atoms with Gasteiger partial charge in [-0.2, -0.15) is 0 Å². The molecule has 0 bridgehead atoms. The minimum absolute atomic E-state index is 0.00105. The summed E-state index contributed by atoms with van der Waals surface area (Å²) in [5.41, 5.74) is -0.0121. The molecule has 8 nitrogen and oxygen atoms in total. The number of aryl methyl sites for hydroxylation is 1. The molecule has 1 aliphatic heterocycles. The van der Waals surface area contributed by atoms with E-state index < -0.39 is 21.2 Å². The number of H-pyrrole nitrogens is 1. The van der Waals surface area contributed by atoms with E-state index in [2.05, 4.69) is 10.3 Å². The highest BCUT2D eigenvalue weighted by Crippen LogP contribution is 2.34. The number of carbonyl (C=O) groups is 1. The largest absolute Gasteiger partial charge is 0.399 e. The molecule has 0 radical (unpaired) electrons. The highest BCUT2D eigenvalue weighted by atomic mass is 35.5. The molecule has 10 heteroatoms. The smallest absolute Gasteiger partial charge is 0.277 e. The number of hydrogen-bond donors (Lipinski definition) is 1. The lowest BCUT2D eigenvalue weighted by Crippen LogP contribution is -2.25. The minimum atomic E-state index is -3.54. The van der Waals surface area contributed by atoms with Crippen LogP contribution in [0.15, 0.2) is 33.2 Å². The summed E-state index contributed by atoms with van der Waals surface area (Å²) in [4.78, 5) is 29.8. The maximum absolute atomic E-state index is 12.8. The van der Waals surface area contributed by atoms with Crippen LogP contribution in [0, 0.1) is 0 Å². The van der Waals surface area contributed by atoms with Gasteiger partial charge in [-0.3, -0.25) is 14.3 Å². The number of ketones is 1. The molecule has 0 unspecified atom stereocenters. The summed E-state index contributed by atoms with van der Waals surface area (Å²) in [6.45, 7) is 2.14. The van der Waals surface area contributed by atoms with Gasteiger partial charge in [0.1, 0.15) is 12.7 Å².